The summed E-state index contributed by atoms with van der Waals surface area (Å²) in [6.07, 6.45) is -1.21. The Labute approximate surface area is 111 Å². The summed E-state index contributed by atoms with van der Waals surface area (Å²) in [6, 6.07) is 5.36. The van der Waals surface area contributed by atoms with E-state index >= 15 is 0 Å². The van der Waals surface area contributed by atoms with Gasteiger partial charge in [0.05, 0.1) is 5.69 Å². The summed E-state index contributed by atoms with van der Waals surface area (Å²) in [5, 5.41) is 10.3. The number of benzene rings is 1. The fraction of sp³-hybridized carbons (Fsp3) is 0.385. The van der Waals surface area contributed by atoms with Gasteiger partial charge in [-0.2, -0.15) is 0 Å². The van der Waals surface area contributed by atoms with Crippen LogP contribution in [0.25, 0.3) is 0 Å². The zero-order chi connectivity index (χ0) is 14.3. The summed E-state index contributed by atoms with van der Waals surface area (Å²) >= 11 is 0. The number of fused-ring (bicyclic) bond motifs is 1. The lowest BCUT2D eigenvalue weighted by Crippen LogP contribution is -2.47. The molecular weight excluding hydrogens is 246 g/mol. The normalized spacial score (nSPS) is 22.1. The maximum Gasteiger partial charge on any atom is 0.242 e. The van der Waals surface area contributed by atoms with Gasteiger partial charge in [-0.25, -0.2) is 0 Å². The van der Waals surface area contributed by atoms with Crippen molar-refractivity contribution in [3.63, 3.8) is 0 Å². The zero-order valence-corrected chi connectivity index (χ0v) is 11.1. The minimum absolute atomic E-state index is 0.483. The molecule has 0 aromatic heterocycles. The molecule has 1 aliphatic rings. The minimum Gasteiger partial charge on any atom is -0.387 e. The highest BCUT2D eigenvalue weighted by Gasteiger charge is 2.43. The van der Waals surface area contributed by atoms with Crippen LogP contribution in [0.2, 0.25) is 0 Å². The van der Waals surface area contributed by atoms with Crippen molar-refractivity contribution in [2.24, 2.45) is 11.7 Å². The van der Waals surface area contributed by atoms with Crippen LogP contribution >= 0.6 is 0 Å². The third kappa shape index (κ3) is 1.94. The predicted octanol–water partition coefficient (Wildman–Crippen LogP) is -0.136. The zero-order valence-electron chi connectivity index (χ0n) is 11.1. The third-order valence-electron chi connectivity index (χ3n) is 3.42. The SMILES string of the molecule is CN(C)c1cccc2c1C(O)C(C(N)=O)C(=O)N2C. The van der Waals surface area contributed by atoms with E-state index in [0.717, 1.165) is 5.69 Å². The number of nitrogens with zero attached hydrogens (tertiary/aromatic N) is 2. The molecule has 1 aromatic rings. The Morgan fingerprint density at radius 3 is 2.58 bits per heavy atom. The monoisotopic (exact) mass is 263 g/mol. The molecule has 0 saturated carbocycles. The second kappa shape index (κ2) is 4.55. The number of nitrogens with two attached hydrogens (primary N) is 1. The molecule has 6 heteroatoms. The van der Waals surface area contributed by atoms with Crippen molar-refractivity contribution in [3.05, 3.63) is 23.8 Å². The summed E-state index contributed by atoms with van der Waals surface area (Å²) in [5.41, 5.74) is 7.15. The number of aliphatic hydroxyl groups excluding tert-OH is 1. The molecule has 1 aromatic carbocycles. The first-order valence-electron chi connectivity index (χ1n) is 5.91. The first kappa shape index (κ1) is 13.4. The number of carbonyl (C=O) groups excluding carboxylic acids is 2. The molecule has 0 spiro atoms. The molecular formula is C13H17N3O3. The van der Waals surface area contributed by atoms with E-state index in [-0.39, 0.29) is 0 Å². The standard InChI is InChI=1S/C13H17N3O3/c1-15(2)7-5-4-6-8-9(7)11(17)10(12(14)18)13(19)16(8)3/h4-6,10-11,17H,1-3H3,(H2,14,18). The van der Waals surface area contributed by atoms with Gasteiger partial charge < -0.3 is 20.6 Å². The minimum atomic E-state index is -1.24. The third-order valence-corrected chi connectivity index (χ3v) is 3.42. The second-order valence-corrected chi connectivity index (χ2v) is 4.83. The van der Waals surface area contributed by atoms with E-state index in [1.807, 2.05) is 25.1 Å². The van der Waals surface area contributed by atoms with Gasteiger partial charge >= 0.3 is 0 Å². The van der Waals surface area contributed by atoms with Gasteiger partial charge in [0, 0.05) is 32.4 Å². The number of anilines is 2. The molecule has 0 saturated heterocycles. The van der Waals surface area contributed by atoms with E-state index < -0.39 is 23.8 Å². The molecule has 2 rings (SSSR count). The highest BCUT2D eigenvalue weighted by Crippen LogP contribution is 2.42. The molecule has 19 heavy (non-hydrogen) atoms. The maximum atomic E-state index is 12.1. The van der Waals surface area contributed by atoms with Gasteiger partial charge in [0.15, 0.2) is 0 Å². The van der Waals surface area contributed by atoms with Crippen LogP contribution in [-0.2, 0) is 9.59 Å². The topological polar surface area (TPSA) is 86.9 Å². The Morgan fingerprint density at radius 2 is 2.05 bits per heavy atom. The van der Waals surface area contributed by atoms with Crippen LogP contribution in [0.1, 0.15) is 11.7 Å². The van der Waals surface area contributed by atoms with Gasteiger partial charge in [0.2, 0.25) is 11.8 Å². The number of carbonyl (C=O) groups is 2. The summed E-state index contributed by atoms with van der Waals surface area (Å²) in [4.78, 5) is 26.7. The predicted molar refractivity (Wildman–Crippen MR) is 71.8 cm³/mol. The summed E-state index contributed by atoms with van der Waals surface area (Å²) in [5.74, 6) is -2.54. The number of hydrogen-bond acceptors (Lipinski definition) is 4. The van der Waals surface area contributed by atoms with Gasteiger partial charge in [-0.15, -0.1) is 0 Å². The highest BCUT2D eigenvalue weighted by atomic mass is 16.3. The Morgan fingerprint density at radius 1 is 1.42 bits per heavy atom. The lowest BCUT2D eigenvalue weighted by Gasteiger charge is -2.36. The number of hydrogen-bond donors (Lipinski definition) is 2. The summed E-state index contributed by atoms with van der Waals surface area (Å²) < 4.78 is 0. The van der Waals surface area contributed by atoms with Crippen molar-refractivity contribution in [2.75, 3.05) is 30.9 Å². The van der Waals surface area contributed by atoms with Crippen molar-refractivity contribution >= 4 is 23.2 Å². The molecule has 102 valence electrons. The van der Waals surface area contributed by atoms with Crippen molar-refractivity contribution in [1.29, 1.82) is 0 Å². The Bertz CT molecular complexity index is 542. The van der Waals surface area contributed by atoms with Crippen molar-refractivity contribution in [2.45, 2.75) is 6.10 Å². The fourth-order valence-corrected chi connectivity index (χ4v) is 2.43. The molecule has 2 unspecified atom stereocenters. The van der Waals surface area contributed by atoms with E-state index in [2.05, 4.69) is 0 Å². The van der Waals surface area contributed by atoms with Crippen LogP contribution in [0.3, 0.4) is 0 Å². The average molecular weight is 263 g/mol. The van der Waals surface area contributed by atoms with Gasteiger partial charge in [0.25, 0.3) is 0 Å². The van der Waals surface area contributed by atoms with E-state index in [0.29, 0.717) is 11.3 Å². The van der Waals surface area contributed by atoms with Crippen LogP contribution in [0.4, 0.5) is 11.4 Å². The highest BCUT2D eigenvalue weighted by molar-refractivity contribution is 6.10. The Balaban J connectivity index is 2.66. The Hall–Kier alpha value is -2.08. The molecule has 3 N–H and O–H groups in total. The van der Waals surface area contributed by atoms with Crippen LogP contribution < -0.4 is 15.5 Å². The first-order chi connectivity index (χ1) is 8.86. The quantitative estimate of drug-likeness (QED) is 0.727. The lowest BCUT2D eigenvalue weighted by atomic mass is 9.87. The lowest BCUT2D eigenvalue weighted by molar-refractivity contribution is -0.137. The number of primary amides is 1. The molecule has 0 radical (unpaired) electrons. The van der Waals surface area contributed by atoms with Gasteiger partial charge in [-0.1, -0.05) is 6.07 Å². The van der Waals surface area contributed by atoms with Crippen LogP contribution in [0.15, 0.2) is 18.2 Å². The van der Waals surface area contributed by atoms with Crippen LogP contribution in [-0.4, -0.2) is 38.1 Å². The Kier molecular flexibility index (Phi) is 3.20. The van der Waals surface area contributed by atoms with Crippen molar-refractivity contribution in [3.8, 4) is 0 Å². The molecule has 2 amide bonds. The van der Waals surface area contributed by atoms with E-state index in [1.165, 1.54) is 4.90 Å². The molecule has 0 aliphatic carbocycles. The van der Waals surface area contributed by atoms with Gasteiger partial charge in [-0.3, -0.25) is 9.59 Å². The van der Waals surface area contributed by atoms with E-state index in [4.69, 9.17) is 5.73 Å². The van der Waals surface area contributed by atoms with Crippen LogP contribution in [0.5, 0.6) is 0 Å². The van der Waals surface area contributed by atoms with Gasteiger partial charge in [-0.05, 0) is 12.1 Å². The fourth-order valence-electron chi connectivity index (χ4n) is 2.43. The summed E-state index contributed by atoms with van der Waals surface area (Å²) in [6.45, 7) is 0. The molecule has 6 nitrogen and oxygen atoms in total. The van der Waals surface area contributed by atoms with E-state index in [9.17, 15) is 14.7 Å². The molecule has 2 atom stereocenters. The van der Waals surface area contributed by atoms with Crippen LogP contribution in [0, 0.1) is 5.92 Å². The average Bonchev–Trinajstić information content (AvgIpc) is 2.34. The molecule has 0 bridgehead atoms. The van der Waals surface area contributed by atoms with Crippen molar-refractivity contribution < 1.29 is 14.7 Å². The van der Waals surface area contributed by atoms with E-state index in [1.54, 1.807) is 19.2 Å². The molecule has 1 aliphatic heterocycles. The number of amides is 2. The number of aliphatic hydroxyl groups is 1. The smallest absolute Gasteiger partial charge is 0.242 e. The first-order valence-corrected chi connectivity index (χ1v) is 5.91. The summed E-state index contributed by atoms with van der Waals surface area (Å²) in [7, 11) is 5.23. The largest absolute Gasteiger partial charge is 0.387 e. The second-order valence-electron chi connectivity index (χ2n) is 4.83. The van der Waals surface area contributed by atoms with Gasteiger partial charge in [0.1, 0.15) is 12.0 Å². The number of rotatable bonds is 2. The molecule has 0 fully saturated rings. The maximum absolute atomic E-state index is 12.1. The van der Waals surface area contributed by atoms with Crippen molar-refractivity contribution in [1.82, 2.24) is 0 Å². The molecule has 1 heterocycles.